The van der Waals surface area contributed by atoms with Crippen LogP contribution in [0.3, 0.4) is 0 Å². The van der Waals surface area contributed by atoms with E-state index in [0.717, 1.165) is 27.9 Å². The SMILES string of the molecule is CC(=O)O.NC(=O)CCNC(=O)[C@@H]1CCCN1C(=O)[C@H](Cc1cnc[nH]1)NC(=O)[C@@H]1CCC(=O)N1C(=O)OCc1ccccc1.NC(=O)CCNC(=O)[C@@H]1CCCN1C(=O)[C@H](Cc1cnc[nH]1)NC(=O)[C@@H]1CCC(=O)N1C(=O)OCc1ccccc1. The molecule has 2 aromatic heterocycles. The maximum Gasteiger partial charge on any atom is 0.417 e. The van der Waals surface area contributed by atoms with Crippen molar-refractivity contribution < 1.29 is 76.9 Å². The van der Waals surface area contributed by atoms with Gasteiger partial charge in [-0.05, 0) is 49.7 Å². The summed E-state index contributed by atoms with van der Waals surface area (Å²) < 4.78 is 10.6. The molecule has 460 valence electrons. The summed E-state index contributed by atoms with van der Waals surface area (Å²) in [5.41, 5.74) is 12.8. The van der Waals surface area contributed by atoms with Gasteiger partial charge in [-0.15, -0.1) is 0 Å². The largest absolute Gasteiger partial charge is 0.481 e. The highest BCUT2D eigenvalue weighted by atomic mass is 16.6. The van der Waals surface area contributed by atoms with E-state index in [-0.39, 0.29) is 77.7 Å². The summed E-state index contributed by atoms with van der Waals surface area (Å²) in [7, 11) is 0. The molecule has 12 amide bonds. The highest BCUT2D eigenvalue weighted by molar-refractivity contribution is 6.03. The minimum atomic E-state index is -1.16. The number of nitrogens with one attached hydrogen (secondary N) is 6. The Balaban J connectivity index is 0.000000259. The predicted molar refractivity (Wildman–Crippen MR) is 298 cm³/mol. The number of nitrogens with two attached hydrogens (primary N) is 2. The van der Waals surface area contributed by atoms with Crippen molar-refractivity contribution in [3.63, 3.8) is 0 Å². The van der Waals surface area contributed by atoms with Gasteiger partial charge < -0.3 is 67.1 Å². The molecule has 2 aromatic carbocycles. The number of hydrogen-bond donors (Lipinski definition) is 9. The van der Waals surface area contributed by atoms with Crippen molar-refractivity contribution in [1.29, 1.82) is 0 Å². The summed E-state index contributed by atoms with van der Waals surface area (Å²) in [5, 5.41) is 18.1. The molecule has 0 bridgehead atoms. The van der Waals surface area contributed by atoms with E-state index in [2.05, 4.69) is 41.2 Å². The van der Waals surface area contributed by atoms with Crippen molar-refractivity contribution in [3.05, 3.63) is 108 Å². The summed E-state index contributed by atoms with van der Waals surface area (Å²) in [4.78, 5) is 180. The molecule has 30 nitrogen and oxygen atoms in total. The Morgan fingerprint density at radius 2 is 0.953 bits per heavy atom. The van der Waals surface area contributed by atoms with Gasteiger partial charge in [-0.1, -0.05) is 60.7 Å². The molecule has 4 aliphatic heterocycles. The van der Waals surface area contributed by atoms with Crippen molar-refractivity contribution in [2.45, 2.75) is 133 Å². The summed E-state index contributed by atoms with van der Waals surface area (Å²) in [6, 6.07) is 11.7. The number of aliphatic carboxylic acids is 1. The molecule has 0 radical (unpaired) electrons. The van der Waals surface area contributed by atoms with Gasteiger partial charge in [0.15, 0.2) is 0 Å². The fourth-order valence-electron chi connectivity index (χ4n) is 9.93. The third-order valence-electron chi connectivity index (χ3n) is 14.0. The Morgan fingerprint density at radius 1 is 0.581 bits per heavy atom. The number of rotatable bonds is 22. The van der Waals surface area contributed by atoms with Crippen LogP contribution in [-0.4, -0.2) is 184 Å². The molecule has 4 saturated heterocycles. The number of ether oxygens (including phenoxy) is 2. The summed E-state index contributed by atoms with van der Waals surface area (Å²) in [6.07, 6.45) is 6.07. The first-order chi connectivity index (χ1) is 41.2. The summed E-state index contributed by atoms with van der Waals surface area (Å²) >= 11 is 0. The minimum absolute atomic E-state index is 0.0304. The van der Waals surface area contributed by atoms with Crippen LogP contribution in [0.5, 0.6) is 0 Å². The fourth-order valence-corrected chi connectivity index (χ4v) is 9.93. The normalized spacial score (nSPS) is 18.5. The highest BCUT2D eigenvalue weighted by Crippen LogP contribution is 2.25. The van der Waals surface area contributed by atoms with E-state index in [0.29, 0.717) is 50.2 Å². The van der Waals surface area contributed by atoms with Crippen molar-refractivity contribution in [2.24, 2.45) is 11.5 Å². The third-order valence-corrected chi connectivity index (χ3v) is 14.0. The van der Waals surface area contributed by atoms with E-state index >= 15 is 0 Å². The highest BCUT2D eigenvalue weighted by Gasteiger charge is 2.46. The molecule has 0 spiro atoms. The van der Waals surface area contributed by atoms with Crippen LogP contribution in [0.25, 0.3) is 0 Å². The number of benzene rings is 2. The molecule has 4 aromatic rings. The van der Waals surface area contributed by atoms with Crippen LogP contribution in [0.4, 0.5) is 9.59 Å². The van der Waals surface area contributed by atoms with Crippen LogP contribution in [0.15, 0.2) is 85.7 Å². The molecule has 4 fully saturated rings. The lowest BCUT2D eigenvalue weighted by atomic mass is 10.1. The average Bonchev–Trinajstić information content (AvgIpc) is 2.39. The monoisotopic (exact) mass is 1190 g/mol. The predicted octanol–water partition coefficient (Wildman–Crippen LogP) is -0.414. The molecule has 6 atom stereocenters. The van der Waals surface area contributed by atoms with Gasteiger partial charge in [0.25, 0.3) is 5.97 Å². The van der Waals surface area contributed by atoms with Crippen LogP contribution >= 0.6 is 0 Å². The average molecular weight is 1200 g/mol. The van der Waals surface area contributed by atoms with E-state index < -0.39 is 113 Å². The second-order valence-corrected chi connectivity index (χ2v) is 20.3. The van der Waals surface area contributed by atoms with Crippen LogP contribution in [0.1, 0.15) is 93.6 Å². The Bertz CT molecular complexity index is 2840. The summed E-state index contributed by atoms with van der Waals surface area (Å²) in [5.74, 6) is -6.26. The lowest BCUT2D eigenvalue weighted by Gasteiger charge is -2.30. The zero-order chi connectivity index (χ0) is 62.3. The Morgan fingerprint density at radius 3 is 1.29 bits per heavy atom. The topological polar surface area (TPSA) is 431 Å². The van der Waals surface area contributed by atoms with E-state index in [4.69, 9.17) is 30.8 Å². The Hall–Kier alpha value is -10.0. The number of aromatic amines is 2. The zero-order valence-electron chi connectivity index (χ0n) is 47.2. The van der Waals surface area contributed by atoms with Gasteiger partial charge in [-0.25, -0.2) is 29.4 Å². The molecule has 8 rings (SSSR count). The van der Waals surface area contributed by atoms with Gasteiger partial charge in [0.2, 0.25) is 59.1 Å². The molecular formula is C56H70N14O16. The van der Waals surface area contributed by atoms with Crippen molar-refractivity contribution >= 4 is 77.2 Å². The van der Waals surface area contributed by atoms with Gasteiger partial charge >= 0.3 is 12.2 Å². The van der Waals surface area contributed by atoms with E-state index in [1.165, 1.54) is 34.8 Å². The molecule has 86 heavy (non-hydrogen) atoms. The number of imidazole rings is 2. The first kappa shape index (κ1) is 65.1. The number of imide groups is 2. The van der Waals surface area contributed by atoms with E-state index in [1.807, 2.05) is 12.1 Å². The second-order valence-electron chi connectivity index (χ2n) is 20.3. The minimum Gasteiger partial charge on any atom is -0.481 e. The number of likely N-dealkylation sites (tertiary alicyclic amines) is 4. The molecular weight excluding hydrogens is 1120 g/mol. The van der Waals surface area contributed by atoms with Gasteiger partial charge in [-0.3, -0.25) is 52.7 Å². The lowest BCUT2D eigenvalue weighted by Crippen LogP contribution is -2.57. The van der Waals surface area contributed by atoms with Crippen molar-refractivity contribution in [1.82, 2.24) is 60.8 Å². The number of primary amides is 2. The van der Waals surface area contributed by atoms with E-state index in [1.54, 1.807) is 48.5 Å². The maximum absolute atomic E-state index is 13.7. The molecule has 4 aliphatic rings. The first-order valence-electron chi connectivity index (χ1n) is 27.8. The number of hydrogen-bond acceptors (Lipinski definition) is 17. The van der Waals surface area contributed by atoms with Crippen LogP contribution in [-0.2, 0) is 88.3 Å². The zero-order valence-corrected chi connectivity index (χ0v) is 47.2. The number of nitrogens with zero attached hydrogens (tertiary/aromatic N) is 6. The lowest BCUT2D eigenvalue weighted by molar-refractivity contribution is -0.142. The van der Waals surface area contributed by atoms with Gasteiger partial charge in [0.05, 0.1) is 12.7 Å². The first-order valence-corrected chi connectivity index (χ1v) is 27.8. The summed E-state index contributed by atoms with van der Waals surface area (Å²) in [6.45, 7) is 1.62. The fraction of sp³-hybridized carbons (Fsp3) is 0.446. The number of carboxylic acid groups (broad SMARTS) is 1. The second kappa shape index (κ2) is 32.1. The molecule has 6 heterocycles. The van der Waals surface area contributed by atoms with Crippen molar-refractivity contribution in [3.8, 4) is 0 Å². The number of amides is 12. The van der Waals surface area contributed by atoms with Crippen LogP contribution in [0.2, 0.25) is 0 Å². The van der Waals surface area contributed by atoms with Crippen LogP contribution < -0.4 is 32.7 Å². The number of H-pyrrole nitrogens is 2. The Kier molecular flexibility index (Phi) is 24.3. The van der Waals surface area contributed by atoms with Gasteiger partial charge in [-0.2, -0.15) is 0 Å². The quantitative estimate of drug-likeness (QED) is 0.0483. The maximum atomic E-state index is 13.7. The van der Waals surface area contributed by atoms with E-state index in [9.17, 15) is 57.5 Å². The number of carbonyl (C=O) groups excluding carboxylic acids is 12. The van der Waals surface area contributed by atoms with Crippen molar-refractivity contribution in [2.75, 3.05) is 26.2 Å². The number of carbonyl (C=O) groups is 13. The third kappa shape index (κ3) is 19.0. The number of aromatic nitrogens is 4. The standard InChI is InChI=1S/2C27H33N7O7.C2H4O2/c2*28-22(35)10-11-30-24(37)20-7-4-12-33(20)26(39)19(13-18-14-29-16-31-18)32-25(38)21-8-9-23(36)34(21)27(40)41-15-17-5-2-1-3-6-17;1-2(3)4/h2*1-3,5-6,14,16,19-21H,4,7-13,15H2,(H2,28,35)(H,29,31)(H,30,37)(H,32,38);1H3,(H,3,4)/t2*19-,20-,21-;/m00./s1. The smallest absolute Gasteiger partial charge is 0.417 e. The molecule has 30 heteroatoms. The molecule has 0 aliphatic carbocycles. The Labute approximate surface area is 492 Å². The van der Waals surface area contributed by atoms with Gasteiger partial charge in [0.1, 0.15) is 49.5 Å². The van der Waals surface area contributed by atoms with Gasteiger partial charge in [0, 0.05) is 95.4 Å². The molecule has 11 N–H and O–H groups in total. The number of carboxylic acids is 1. The molecule has 0 saturated carbocycles. The van der Waals surface area contributed by atoms with Crippen LogP contribution in [0, 0.1) is 0 Å². The molecule has 0 unspecified atom stereocenters.